The summed E-state index contributed by atoms with van der Waals surface area (Å²) in [5.74, 6) is 0. The van der Waals surface area contributed by atoms with Gasteiger partial charge in [0.2, 0.25) is 0 Å². The van der Waals surface area contributed by atoms with Gasteiger partial charge in [0, 0.05) is 0 Å². The SMILES string of the molecule is C=CC.C=CC.C=CC.C=CC.OCC(CO)(CO)COCC(CO)(CO)CO. The fourth-order valence-corrected chi connectivity index (χ4v) is 1.06. The highest BCUT2D eigenvalue weighted by atomic mass is 16.5. The molecule has 7 heteroatoms. The summed E-state index contributed by atoms with van der Waals surface area (Å²) in [6.45, 7) is 18.0. The molecule has 7 nitrogen and oxygen atoms in total. The summed E-state index contributed by atoms with van der Waals surface area (Å²) >= 11 is 0. The van der Waals surface area contributed by atoms with E-state index >= 15 is 0 Å². The molecule has 0 radical (unpaired) electrons. The van der Waals surface area contributed by atoms with E-state index in [4.69, 9.17) is 35.4 Å². The van der Waals surface area contributed by atoms with Crippen molar-refractivity contribution >= 4 is 0 Å². The minimum Gasteiger partial charge on any atom is -0.396 e. The maximum Gasteiger partial charge on any atom is 0.0629 e. The molecule has 0 amide bonds. The second-order valence-corrected chi connectivity index (χ2v) is 6.07. The van der Waals surface area contributed by atoms with Gasteiger partial charge in [0.1, 0.15) is 0 Å². The van der Waals surface area contributed by atoms with Crippen molar-refractivity contribution in [3.05, 3.63) is 50.6 Å². The van der Waals surface area contributed by atoms with Crippen molar-refractivity contribution in [1.82, 2.24) is 0 Å². The van der Waals surface area contributed by atoms with Crippen molar-refractivity contribution in [2.45, 2.75) is 27.7 Å². The minimum absolute atomic E-state index is 0.141. The lowest BCUT2D eigenvalue weighted by molar-refractivity contribution is -0.103. The zero-order valence-electron chi connectivity index (χ0n) is 18.9. The van der Waals surface area contributed by atoms with E-state index < -0.39 is 50.5 Å². The van der Waals surface area contributed by atoms with Crippen molar-refractivity contribution in [3.63, 3.8) is 0 Å². The molecule has 0 aromatic rings. The summed E-state index contributed by atoms with van der Waals surface area (Å²) in [6.07, 6.45) is 7.00. The summed E-state index contributed by atoms with van der Waals surface area (Å²) in [5, 5.41) is 54.2. The van der Waals surface area contributed by atoms with Crippen LogP contribution in [0, 0.1) is 10.8 Å². The molecule has 0 fully saturated rings. The third-order valence-corrected chi connectivity index (χ3v) is 2.83. The smallest absolute Gasteiger partial charge is 0.0629 e. The van der Waals surface area contributed by atoms with Gasteiger partial charge in [-0.1, -0.05) is 24.3 Å². The van der Waals surface area contributed by atoms with Gasteiger partial charge in [0.25, 0.3) is 0 Å². The van der Waals surface area contributed by atoms with Gasteiger partial charge in [-0.3, -0.25) is 0 Å². The lowest BCUT2D eigenvalue weighted by atomic mass is 9.91. The topological polar surface area (TPSA) is 131 Å². The van der Waals surface area contributed by atoms with Crippen LogP contribution < -0.4 is 0 Å². The molecule has 0 aromatic carbocycles. The van der Waals surface area contributed by atoms with E-state index in [9.17, 15) is 0 Å². The fourth-order valence-electron chi connectivity index (χ4n) is 1.06. The van der Waals surface area contributed by atoms with Gasteiger partial charge in [-0.25, -0.2) is 0 Å². The average molecular weight is 423 g/mol. The monoisotopic (exact) mass is 422 g/mol. The number of rotatable bonds is 10. The van der Waals surface area contributed by atoms with E-state index in [2.05, 4.69) is 26.3 Å². The van der Waals surface area contributed by atoms with Crippen LogP contribution in [0.25, 0.3) is 0 Å². The van der Waals surface area contributed by atoms with Crippen LogP contribution in [0.15, 0.2) is 50.6 Å². The van der Waals surface area contributed by atoms with Crippen LogP contribution in [0.1, 0.15) is 27.7 Å². The number of hydrogen-bond donors (Lipinski definition) is 6. The molecular weight excluding hydrogens is 376 g/mol. The maximum absolute atomic E-state index is 9.03. The minimum atomic E-state index is -1.16. The highest BCUT2D eigenvalue weighted by molar-refractivity contribution is 4.80. The van der Waals surface area contributed by atoms with Crippen LogP contribution >= 0.6 is 0 Å². The molecule has 0 heterocycles. The molecule has 6 N–H and O–H groups in total. The van der Waals surface area contributed by atoms with E-state index in [-0.39, 0.29) is 13.2 Å². The van der Waals surface area contributed by atoms with Crippen LogP contribution in [-0.4, -0.2) is 83.5 Å². The third-order valence-electron chi connectivity index (χ3n) is 2.83. The van der Waals surface area contributed by atoms with Gasteiger partial charge in [-0.05, 0) is 27.7 Å². The van der Waals surface area contributed by atoms with E-state index in [0.29, 0.717) is 0 Å². The number of ether oxygens (including phenoxy) is 1. The van der Waals surface area contributed by atoms with Crippen molar-refractivity contribution in [2.24, 2.45) is 10.8 Å². The summed E-state index contributed by atoms with van der Waals surface area (Å²) in [4.78, 5) is 0. The lowest BCUT2D eigenvalue weighted by Crippen LogP contribution is -2.43. The highest BCUT2D eigenvalue weighted by Crippen LogP contribution is 2.19. The number of aliphatic hydroxyl groups excluding tert-OH is 6. The van der Waals surface area contributed by atoms with Crippen LogP contribution in [-0.2, 0) is 4.74 Å². The molecule has 0 bridgehead atoms. The first-order valence-corrected chi connectivity index (χ1v) is 9.25. The number of allylic oxidation sites excluding steroid dienone is 4. The normalized spacial score (nSPS) is 9.45. The highest BCUT2D eigenvalue weighted by Gasteiger charge is 2.32. The molecule has 0 spiro atoms. The largest absolute Gasteiger partial charge is 0.396 e. The van der Waals surface area contributed by atoms with Gasteiger partial charge in [-0.2, -0.15) is 0 Å². The first-order valence-electron chi connectivity index (χ1n) is 9.25. The number of hydrogen-bond acceptors (Lipinski definition) is 7. The summed E-state index contributed by atoms with van der Waals surface area (Å²) in [7, 11) is 0. The molecular formula is C22H46O7. The second kappa shape index (κ2) is 31.4. The van der Waals surface area contributed by atoms with Crippen LogP contribution in [0.3, 0.4) is 0 Å². The Morgan fingerprint density at radius 3 is 0.759 bits per heavy atom. The lowest BCUT2D eigenvalue weighted by Gasteiger charge is -2.31. The molecule has 29 heavy (non-hydrogen) atoms. The fraction of sp³-hybridized carbons (Fsp3) is 0.636. The molecule has 0 rings (SSSR count). The zero-order chi connectivity index (χ0) is 24.2. The zero-order valence-corrected chi connectivity index (χ0v) is 18.9. The standard InChI is InChI=1S/C10H22O7.4C3H6/c11-1-9(2-12,3-13)7-17-8-10(4-14,5-15)6-16;4*1-3-2/h11-16H,1-8H2;4*3H,1H2,2H3. The van der Waals surface area contributed by atoms with Gasteiger partial charge >= 0.3 is 0 Å². The van der Waals surface area contributed by atoms with Gasteiger partial charge < -0.3 is 35.4 Å². The number of aliphatic hydroxyl groups is 6. The van der Waals surface area contributed by atoms with Gasteiger partial charge in [-0.15, -0.1) is 26.3 Å². The van der Waals surface area contributed by atoms with Crippen LogP contribution in [0.5, 0.6) is 0 Å². The Morgan fingerprint density at radius 2 is 0.655 bits per heavy atom. The summed E-state index contributed by atoms with van der Waals surface area (Å²) in [6, 6.07) is 0. The molecule has 0 saturated heterocycles. The molecule has 0 aromatic heterocycles. The quantitative estimate of drug-likeness (QED) is 0.295. The van der Waals surface area contributed by atoms with Crippen LogP contribution in [0.4, 0.5) is 0 Å². The van der Waals surface area contributed by atoms with Crippen molar-refractivity contribution in [3.8, 4) is 0 Å². The molecule has 176 valence electrons. The molecule has 0 aliphatic carbocycles. The van der Waals surface area contributed by atoms with E-state index in [1.165, 1.54) is 0 Å². The van der Waals surface area contributed by atoms with E-state index in [1.54, 1.807) is 24.3 Å². The van der Waals surface area contributed by atoms with E-state index in [1.807, 2.05) is 27.7 Å². The average Bonchev–Trinajstić information content (AvgIpc) is 2.72. The summed E-state index contributed by atoms with van der Waals surface area (Å²) in [5.41, 5.74) is -2.32. The Morgan fingerprint density at radius 1 is 0.517 bits per heavy atom. The Balaban J connectivity index is -0.000000131. The molecule has 0 aliphatic rings. The predicted octanol–water partition coefficient (Wildman–Crippen LogP) is 1.70. The Hall–Kier alpha value is -1.32. The van der Waals surface area contributed by atoms with Crippen molar-refractivity contribution in [1.29, 1.82) is 0 Å². The Labute approximate surface area is 178 Å². The van der Waals surface area contributed by atoms with Gasteiger partial charge in [0.05, 0.1) is 63.7 Å². The third kappa shape index (κ3) is 26.7. The van der Waals surface area contributed by atoms with Gasteiger partial charge in [0.15, 0.2) is 0 Å². The predicted molar refractivity (Wildman–Crippen MR) is 122 cm³/mol. The first-order chi connectivity index (χ1) is 13.7. The molecule has 0 unspecified atom stereocenters. The van der Waals surface area contributed by atoms with E-state index in [0.717, 1.165) is 0 Å². The van der Waals surface area contributed by atoms with Crippen molar-refractivity contribution in [2.75, 3.05) is 52.9 Å². The Bertz CT molecular complexity index is 276. The maximum atomic E-state index is 9.03. The summed E-state index contributed by atoms with van der Waals surface area (Å²) < 4.78 is 5.15. The Kier molecular flexibility index (Phi) is 41.4. The molecule has 0 aliphatic heterocycles. The van der Waals surface area contributed by atoms with Crippen LogP contribution in [0.2, 0.25) is 0 Å². The molecule has 0 atom stereocenters. The molecule has 0 saturated carbocycles. The second-order valence-electron chi connectivity index (χ2n) is 6.07. The first kappa shape index (κ1) is 38.3. The van der Waals surface area contributed by atoms with Crippen molar-refractivity contribution < 1.29 is 35.4 Å².